The van der Waals surface area contributed by atoms with Gasteiger partial charge in [0.25, 0.3) is 5.91 Å². The third-order valence-corrected chi connectivity index (χ3v) is 4.60. The number of benzene rings is 2. The number of unbranched alkanes of at least 4 members (excludes halogenated alkanes) is 1. The van der Waals surface area contributed by atoms with Gasteiger partial charge in [-0.25, -0.2) is 0 Å². The summed E-state index contributed by atoms with van der Waals surface area (Å²) in [5, 5.41) is 12.5. The number of nitrogens with one attached hydrogen (secondary N) is 1. The lowest BCUT2D eigenvalue weighted by Gasteiger charge is -2.16. The van der Waals surface area contributed by atoms with E-state index in [0.717, 1.165) is 24.0 Å². The first-order chi connectivity index (χ1) is 14.0. The van der Waals surface area contributed by atoms with Crippen LogP contribution in [0.4, 0.5) is 0 Å². The molecule has 2 aromatic carbocycles. The van der Waals surface area contributed by atoms with Gasteiger partial charge in [-0.05, 0) is 42.5 Å². The number of amides is 2. The van der Waals surface area contributed by atoms with Gasteiger partial charge in [-0.1, -0.05) is 54.6 Å². The average molecular weight is 395 g/mol. The van der Waals surface area contributed by atoms with Gasteiger partial charge >= 0.3 is 0 Å². The second kappa shape index (κ2) is 11.8. The van der Waals surface area contributed by atoms with Crippen LogP contribution in [0.1, 0.15) is 40.7 Å². The van der Waals surface area contributed by atoms with E-state index in [4.69, 9.17) is 0 Å². The van der Waals surface area contributed by atoms with Gasteiger partial charge in [0.2, 0.25) is 5.91 Å². The minimum Gasteiger partial charge on any atom is -0.394 e. The van der Waals surface area contributed by atoms with Gasteiger partial charge in [0.05, 0.1) is 12.6 Å². The SMILES string of the molecule is CN(C)C(=O)CCC/C=C\c1cccc(C(=O)N[C@@H](CO)Cc2ccccc2)c1. The number of aliphatic hydroxyl groups excluding tert-OH is 1. The summed E-state index contributed by atoms with van der Waals surface area (Å²) in [4.78, 5) is 25.7. The Bertz CT molecular complexity index is 816. The Morgan fingerprint density at radius 1 is 1.10 bits per heavy atom. The summed E-state index contributed by atoms with van der Waals surface area (Å²) in [6.07, 6.45) is 6.69. The monoisotopic (exact) mass is 394 g/mol. The molecule has 5 heteroatoms. The molecule has 0 saturated heterocycles. The summed E-state index contributed by atoms with van der Waals surface area (Å²) in [5.41, 5.74) is 2.55. The van der Waals surface area contributed by atoms with E-state index < -0.39 is 0 Å². The maximum Gasteiger partial charge on any atom is 0.251 e. The number of nitrogens with zero attached hydrogens (tertiary/aromatic N) is 1. The molecule has 0 aliphatic carbocycles. The molecule has 0 saturated carbocycles. The highest BCUT2D eigenvalue weighted by atomic mass is 16.3. The molecule has 0 aliphatic heterocycles. The molecule has 2 amide bonds. The van der Waals surface area contributed by atoms with Crippen molar-refractivity contribution in [3.63, 3.8) is 0 Å². The van der Waals surface area contributed by atoms with Crippen LogP contribution >= 0.6 is 0 Å². The fraction of sp³-hybridized carbons (Fsp3) is 0.333. The maximum atomic E-state index is 12.6. The first kappa shape index (κ1) is 22.4. The first-order valence-electron chi connectivity index (χ1n) is 9.92. The van der Waals surface area contributed by atoms with Gasteiger partial charge in [0, 0.05) is 26.1 Å². The van der Waals surface area contributed by atoms with Crippen LogP contribution in [0.5, 0.6) is 0 Å². The van der Waals surface area contributed by atoms with Gasteiger partial charge in [-0.2, -0.15) is 0 Å². The lowest BCUT2D eigenvalue weighted by Crippen LogP contribution is -2.39. The van der Waals surface area contributed by atoms with E-state index in [1.807, 2.05) is 60.7 Å². The Balaban J connectivity index is 1.89. The molecule has 0 spiro atoms. The van der Waals surface area contributed by atoms with Crippen molar-refractivity contribution in [2.75, 3.05) is 20.7 Å². The third-order valence-electron chi connectivity index (χ3n) is 4.60. The van der Waals surface area contributed by atoms with Crippen LogP contribution in [0.2, 0.25) is 0 Å². The fourth-order valence-electron chi connectivity index (χ4n) is 2.93. The molecule has 0 fully saturated rings. The third kappa shape index (κ3) is 7.92. The van der Waals surface area contributed by atoms with Crippen molar-refractivity contribution in [1.29, 1.82) is 0 Å². The van der Waals surface area contributed by atoms with Crippen LogP contribution in [0.25, 0.3) is 6.08 Å². The van der Waals surface area contributed by atoms with Gasteiger partial charge in [-0.3, -0.25) is 9.59 Å². The predicted molar refractivity (Wildman–Crippen MR) is 117 cm³/mol. The van der Waals surface area contributed by atoms with Crippen LogP contribution in [0, 0.1) is 0 Å². The Labute approximate surface area is 173 Å². The Kier molecular flexibility index (Phi) is 9.12. The van der Waals surface area contributed by atoms with Crippen LogP contribution in [0.15, 0.2) is 60.7 Å². The van der Waals surface area contributed by atoms with Crippen molar-refractivity contribution >= 4 is 17.9 Å². The van der Waals surface area contributed by atoms with Gasteiger partial charge in [0.15, 0.2) is 0 Å². The quantitative estimate of drug-likeness (QED) is 0.608. The largest absolute Gasteiger partial charge is 0.394 e. The lowest BCUT2D eigenvalue weighted by molar-refractivity contribution is -0.128. The normalized spacial score (nSPS) is 12.0. The second-order valence-corrected chi connectivity index (χ2v) is 7.25. The number of hydrogen-bond donors (Lipinski definition) is 2. The zero-order valence-electron chi connectivity index (χ0n) is 17.2. The molecule has 2 rings (SSSR count). The van der Waals surface area contributed by atoms with Gasteiger partial charge in [0.1, 0.15) is 0 Å². The van der Waals surface area contributed by atoms with Crippen molar-refractivity contribution in [2.24, 2.45) is 0 Å². The van der Waals surface area contributed by atoms with Crippen molar-refractivity contribution in [1.82, 2.24) is 10.2 Å². The number of allylic oxidation sites excluding steroid dienone is 1. The fourth-order valence-corrected chi connectivity index (χ4v) is 2.93. The topological polar surface area (TPSA) is 69.6 Å². The summed E-state index contributed by atoms with van der Waals surface area (Å²) in [7, 11) is 3.52. The van der Waals surface area contributed by atoms with Crippen molar-refractivity contribution in [2.45, 2.75) is 31.7 Å². The number of carbonyl (C=O) groups is 2. The zero-order valence-corrected chi connectivity index (χ0v) is 17.2. The van der Waals surface area contributed by atoms with E-state index in [9.17, 15) is 14.7 Å². The molecule has 0 heterocycles. The van der Waals surface area contributed by atoms with E-state index in [2.05, 4.69) is 5.32 Å². The first-order valence-corrected chi connectivity index (χ1v) is 9.92. The number of hydrogen-bond acceptors (Lipinski definition) is 3. The molecule has 1 atom stereocenters. The summed E-state index contributed by atoms with van der Waals surface area (Å²) >= 11 is 0. The maximum absolute atomic E-state index is 12.6. The minimum absolute atomic E-state index is 0.119. The van der Waals surface area contributed by atoms with Crippen LogP contribution < -0.4 is 5.32 Å². The van der Waals surface area contributed by atoms with Gasteiger partial charge < -0.3 is 15.3 Å². The summed E-state index contributed by atoms with van der Waals surface area (Å²) in [6.45, 7) is -0.119. The van der Waals surface area contributed by atoms with Crippen molar-refractivity contribution in [3.05, 3.63) is 77.4 Å². The Morgan fingerprint density at radius 2 is 1.86 bits per heavy atom. The van der Waals surface area contributed by atoms with Gasteiger partial charge in [-0.15, -0.1) is 0 Å². The summed E-state index contributed by atoms with van der Waals surface area (Å²) in [5.74, 6) is -0.0715. The molecule has 5 nitrogen and oxygen atoms in total. The highest BCUT2D eigenvalue weighted by Gasteiger charge is 2.13. The smallest absolute Gasteiger partial charge is 0.251 e. The molecule has 2 aromatic rings. The van der Waals surface area contributed by atoms with Crippen molar-refractivity contribution in [3.8, 4) is 0 Å². The van der Waals surface area contributed by atoms with E-state index in [1.54, 1.807) is 25.1 Å². The second-order valence-electron chi connectivity index (χ2n) is 7.25. The Hall–Kier alpha value is -2.92. The molecule has 2 N–H and O–H groups in total. The highest BCUT2D eigenvalue weighted by Crippen LogP contribution is 2.10. The van der Waals surface area contributed by atoms with Crippen LogP contribution in [-0.2, 0) is 11.2 Å². The molecule has 154 valence electrons. The predicted octanol–water partition coefficient (Wildman–Crippen LogP) is 3.29. The Morgan fingerprint density at radius 3 is 2.55 bits per heavy atom. The minimum atomic E-state index is -0.335. The lowest BCUT2D eigenvalue weighted by atomic mass is 10.1. The number of carbonyl (C=O) groups excluding carboxylic acids is 2. The van der Waals surface area contributed by atoms with Crippen LogP contribution in [0.3, 0.4) is 0 Å². The van der Waals surface area contributed by atoms with Crippen molar-refractivity contribution < 1.29 is 14.7 Å². The highest BCUT2D eigenvalue weighted by molar-refractivity contribution is 5.95. The molecule has 0 aromatic heterocycles. The molecule has 0 bridgehead atoms. The molecular weight excluding hydrogens is 364 g/mol. The van der Waals surface area contributed by atoms with E-state index in [0.29, 0.717) is 18.4 Å². The molecular formula is C24H30N2O3. The van der Waals surface area contributed by atoms with E-state index >= 15 is 0 Å². The van der Waals surface area contributed by atoms with E-state index in [-0.39, 0.29) is 24.5 Å². The number of rotatable bonds is 10. The molecule has 0 radical (unpaired) electrons. The summed E-state index contributed by atoms with van der Waals surface area (Å²) < 4.78 is 0. The van der Waals surface area contributed by atoms with E-state index in [1.165, 1.54) is 0 Å². The zero-order chi connectivity index (χ0) is 21.1. The molecule has 0 unspecified atom stereocenters. The average Bonchev–Trinajstić information content (AvgIpc) is 2.73. The molecule has 29 heavy (non-hydrogen) atoms. The van der Waals surface area contributed by atoms with Crippen LogP contribution in [-0.4, -0.2) is 48.6 Å². The standard InChI is InChI=1S/C24H30N2O3/c1-26(2)23(28)15-8-4-7-10-19-13-9-14-21(16-19)24(29)25-22(18-27)17-20-11-5-3-6-12-20/h3,5-7,9-14,16,22,27H,4,8,15,17-18H2,1-2H3,(H,25,29)/b10-7-/t22-/m1/s1. The molecule has 0 aliphatic rings. The number of aliphatic hydroxyl groups is 1. The summed E-state index contributed by atoms with van der Waals surface area (Å²) in [6, 6.07) is 16.8.